The molecule has 7 heteroatoms. The summed E-state index contributed by atoms with van der Waals surface area (Å²) in [6, 6.07) is 6.18. The van der Waals surface area contributed by atoms with Crippen LogP contribution in [0.2, 0.25) is 5.02 Å². The van der Waals surface area contributed by atoms with Crippen molar-refractivity contribution in [2.75, 3.05) is 5.75 Å². The number of carboxylic acid groups (broad SMARTS) is 1. The van der Waals surface area contributed by atoms with Crippen LogP contribution in [-0.2, 0) is 9.53 Å². The van der Waals surface area contributed by atoms with Crippen molar-refractivity contribution < 1.29 is 19.4 Å². The average Bonchev–Trinajstić information content (AvgIpc) is 2.82. The molecule has 1 aliphatic rings. The van der Waals surface area contributed by atoms with E-state index in [4.69, 9.17) is 16.3 Å². The number of amides is 1. The van der Waals surface area contributed by atoms with Crippen LogP contribution in [-0.4, -0.2) is 39.5 Å². The van der Waals surface area contributed by atoms with Crippen LogP contribution in [0, 0.1) is 0 Å². The molecule has 0 spiro atoms. The molecule has 0 radical (unpaired) electrons. The minimum atomic E-state index is -1.05. The third-order valence-corrected chi connectivity index (χ3v) is 4.71. The smallest absolute Gasteiger partial charge is 0.412 e. The van der Waals surface area contributed by atoms with E-state index in [2.05, 4.69) is 0 Å². The number of ether oxygens (including phenoxy) is 1. The van der Waals surface area contributed by atoms with Gasteiger partial charge in [0.15, 0.2) is 0 Å². The number of halogens is 1. The molecule has 2 atom stereocenters. The van der Waals surface area contributed by atoms with E-state index in [1.54, 1.807) is 39.0 Å². The summed E-state index contributed by atoms with van der Waals surface area (Å²) >= 11 is 7.56. The van der Waals surface area contributed by atoms with E-state index in [1.807, 2.05) is 6.07 Å². The number of carbonyl (C=O) groups excluding carboxylic acids is 1. The van der Waals surface area contributed by atoms with E-state index in [0.717, 1.165) is 0 Å². The largest absolute Gasteiger partial charge is 0.480 e. The Morgan fingerprint density at radius 2 is 2.00 bits per heavy atom. The van der Waals surface area contributed by atoms with E-state index in [-0.39, 0.29) is 0 Å². The first-order chi connectivity index (χ1) is 10.2. The molecule has 120 valence electrons. The zero-order valence-corrected chi connectivity index (χ0v) is 14.1. The molecule has 0 saturated carbocycles. The van der Waals surface area contributed by atoms with Crippen molar-refractivity contribution >= 4 is 35.4 Å². The number of hydrogen-bond acceptors (Lipinski definition) is 4. The molecule has 1 amide bonds. The van der Waals surface area contributed by atoms with Gasteiger partial charge >= 0.3 is 12.1 Å². The van der Waals surface area contributed by atoms with Gasteiger partial charge < -0.3 is 9.84 Å². The van der Waals surface area contributed by atoms with Crippen LogP contribution >= 0.6 is 23.4 Å². The van der Waals surface area contributed by atoms with Gasteiger partial charge in [-0.3, -0.25) is 4.90 Å². The molecule has 0 bridgehead atoms. The first-order valence-corrected chi connectivity index (χ1v) is 8.23. The number of thioether (sulfide) groups is 1. The van der Waals surface area contributed by atoms with Crippen LogP contribution in [0.1, 0.15) is 31.7 Å². The van der Waals surface area contributed by atoms with Gasteiger partial charge in [-0.1, -0.05) is 29.8 Å². The summed E-state index contributed by atoms with van der Waals surface area (Å²) in [6.07, 6.45) is -0.644. The number of carbonyl (C=O) groups is 2. The van der Waals surface area contributed by atoms with Gasteiger partial charge in [-0.15, -0.1) is 11.8 Å². The van der Waals surface area contributed by atoms with Crippen LogP contribution in [0.15, 0.2) is 24.3 Å². The lowest BCUT2D eigenvalue weighted by atomic mass is 10.1. The molecule has 1 aliphatic heterocycles. The molecular formula is C15H18ClNO4S. The van der Waals surface area contributed by atoms with Crippen molar-refractivity contribution in [2.24, 2.45) is 0 Å². The normalized spacial score (nSPS) is 21.7. The predicted molar refractivity (Wildman–Crippen MR) is 86.1 cm³/mol. The maximum Gasteiger partial charge on any atom is 0.412 e. The Morgan fingerprint density at radius 1 is 1.36 bits per heavy atom. The fraction of sp³-hybridized carbons (Fsp3) is 0.467. The lowest BCUT2D eigenvalue weighted by Crippen LogP contribution is -2.45. The number of benzene rings is 1. The number of nitrogens with zero attached hydrogens (tertiary/aromatic N) is 1. The zero-order valence-electron chi connectivity index (χ0n) is 12.6. The molecule has 5 nitrogen and oxygen atoms in total. The molecule has 1 aromatic rings. The SMILES string of the molecule is CC(C)(C)OC(=O)N1[C@@H](C(=O)O)CS[C@@H]1c1ccccc1Cl. The third kappa shape index (κ3) is 3.67. The number of aliphatic carboxylic acids is 1. The molecule has 0 unspecified atom stereocenters. The van der Waals surface area contributed by atoms with Gasteiger partial charge in [0.2, 0.25) is 0 Å². The highest BCUT2D eigenvalue weighted by molar-refractivity contribution is 7.99. The molecule has 1 N–H and O–H groups in total. The fourth-order valence-electron chi connectivity index (χ4n) is 2.15. The Morgan fingerprint density at radius 3 is 2.55 bits per heavy atom. The fourth-order valence-corrected chi connectivity index (χ4v) is 3.90. The van der Waals surface area contributed by atoms with Gasteiger partial charge in [0, 0.05) is 16.3 Å². The maximum atomic E-state index is 12.5. The van der Waals surface area contributed by atoms with Gasteiger partial charge in [-0.25, -0.2) is 9.59 Å². The molecule has 1 saturated heterocycles. The second-order valence-electron chi connectivity index (χ2n) is 5.95. The van der Waals surface area contributed by atoms with Crippen molar-refractivity contribution in [3.8, 4) is 0 Å². The lowest BCUT2D eigenvalue weighted by molar-refractivity contribution is -0.142. The van der Waals surface area contributed by atoms with E-state index in [1.165, 1.54) is 16.7 Å². The summed E-state index contributed by atoms with van der Waals surface area (Å²) in [5.74, 6) is -0.752. The Bertz CT molecular complexity index is 587. The Labute approximate surface area is 138 Å². The predicted octanol–water partition coefficient (Wildman–Crippen LogP) is 3.78. The minimum Gasteiger partial charge on any atom is -0.480 e. The highest BCUT2D eigenvalue weighted by Gasteiger charge is 2.44. The second-order valence-corrected chi connectivity index (χ2v) is 7.47. The van der Waals surface area contributed by atoms with Gasteiger partial charge in [0.1, 0.15) is 17.0 Å². The first kappa shape index (κ1) is 17.0. The molecule has 0 aliphatic carbocycles. The lowest BCUT2D eigenvalue weighted by Gasteiger charge is -2.30. The molecule has 2 rings (SSSR count). The van der Waals surface area contributed by atoms with Gasteiger partial charge in [0.25, 0.3) is 0 Å². The van der Waals surface area contributed by atoms with Crippen LogP contribution < -0.4 is 0 Å². The molecule has 1 fully saturated rings. The summed E-state index contributed by atoms with van der Waals surface area (Å²) in [6.45, 7) is 5.23. The van der Waals surface area contributed by atoms with Crippen molar-refractivity contribution in [3.05, 3.63) is 34.9 Å². The quantitative estimate of drug-likeness (QED) is 0.885. The Hall–Kier alpha value is -1.40. The van der Waals surface area contributed by atoms with Gasteiger partial charge in [0.05, 0.1) is 0 Å². The summed E-state index contributed by atoms with van der Waals surface area (Å²) in [5, 5.41) is 9.40. The highest BCUT2D eigenvalue weighted by atomic mass is 35.5. The molecule has 1 heterocycles. The summed E-state index contributed by atoms with van der Waals surface area (Å²) < 4.78 is 5.36. The second kappa shape index (κ2) is 6.38. The van der Waals surface area contributed by atoms with Gasteiger partial charge in [-0.05, 0) is 26.8 Å². The molecular weight excluding hydrogens is 326 g/mol. The third-order valence-electron chi connectivity index (χ3n) is 3.06. The van der Waals surface area contributed by atoms with Gasteiger partial charge in [-0.2, -0.15) is 0 Å². The van der Waals surface area contributed by atoms with Crippen LogP contribution in [0.25, 0.3) is 0 Å². The molecule has 0 aromatic heterocycles. The van der Waals surface area contributed by atoms with Crippen molar-refractivity contribution in [1.29, 1.82) is 0 Å². The summed E-state index contributed by atoms with van der Waals surface area (Å²) in [4.78, 5) is 25.2. The van der Waals surface area contributed by atoms with Crippen LogP contribution in [0.4, 0.5) is 4.79 Å². The van der Waals surface area contributed by atoms with E-state index in [0.29, 0.717) is 16.3 Å². The van der Waals surface area contributed by atoms with Crippen LogP contribution in [0.5, 0.6) is 0 Å². The first-order valence-electron chi connectivity index (χ1n) is 6.81. The zero-order chi connectivity index (χ0) is 16.5. The average molecular weight is 344 g/mol. The monoisotopic (exact) mass is 343 g/mol. The van der Waals surface area contributed by atoms with Crippen molar-refractivity contribution in [1.82, 2.24) is 4.90 Å². The van der Waals surface area contributed by atoms with E-state index < -0.39 is 29.1 Å². The summed E-state index contributed by atoms with van der Waals surface area (Å²) in [5.41, 5.74) is 0.0158. The Kier molecular flexibility index (Phi) is 4.92. The van der Waals surface area contributed by atoms with E-state index >= 15 is 0 Å². The number of rotatable bonds is 2. The maximum absolute atomic E-state index is 12.5. The molecule has 1 aromatic carbocycles. The van der Waals surface area contributed by atoms with E-state index in [9.17, 15) is 14.7 Å². The topological polar surface area (TPSA) is 66.8 Å². The van der Waals surface area contributed by atoms with Crippen molar-refractivity contribution in [2.45, 2.75) is 37.8 Å². The molecule has 22 heavy (non-hydrogen) atoms. The van der Waals surface area contributed by atoms with Crippen LogP contribution in [0.3, 0.4) is 0 Å². The number of carboxylic acids is 1. The van der Waals surface area contributed by atoms with Crippen molar-refractivity contribution in [3.63, 3.8) is 0 Å². The summed E-state index contributed by atoms with van der Waals surface area (Å²) in [7, 11) is 0. The Balaban J connectivity index is 2.35. The standard InChI is InChI=1S/C15H18ClNO4S/c1-15(2,3)21-14(20)17-11(13(18)19)8-22-12(17)9-6-4-5-7-10(9)16/h4-7,11-12H,8H2,1-3H3,(H,18,19)/t11-,12-/m1/s1. The minimum absolute atomic E-state index is 0.296. The number of hydrogen-bond donors (Lipinski definition) is 1. The highest BCUT2D eigenvalue weighted by Crippen LogP contribution is 2.44.